The fraction of sp³-hybridized carbons (Fsp3) is 0.353. The molecular formula is C17H18F2N4O3. The third-order valence-electron chi connectivity index (χ3n) is 4.30. The second-order valence-corrected chi connectivity index (χ2v) is 6.26. The van der Waals surface area contributed by atoms with E-state index in [4.69, 9.17) is 10.8 Å². The topological polar surface area (TPSA) is 101 Å². The number of amides is 1. The van der Waals surface area contributed by atoms with Gasteiger partial charge >= 0.3 is 5.97 Å². The molecule has 0 spiro atoms. The van der Waals surface area contributed by atoms with Crippen LogP contribution in [0.2, 0.25) is 0 Å². The molecule has 0 aliphatic carbocycles. The van der Waals surface area contributed by atoms with Crippen LogP contribution in [0.15, 0.2) is 24.4 Å². The van der Waals surface area contributed by atoms with Crippen molar-refractivity contribution in [2.75, 3.05) is 6.54 Å². The third-order valence-corrected chi connectivity index (χ3v) is 4.30. The van der Waals surface area contributed by atoms with Gasteiger partial charge in [0.05, 0.1) is 6.54 Å². The van der Waals surface area contributed by atoms with Gasteiger partial charge in [-0.05, 0) is 30.2 Å². The summed E-state index contributed by atoms with van der Waals surface area (Å²) >= 11 is 0. The highest BCUT2D eigenvalue weighted by molar-refractivity contribution is 5.85. The summed E-state index contributed by atoms with van der Waals surface area (Å²) in [5, 5.41) is 8.98. The summed E-state index contributed by atoms with van der Waals surface area (Å²) < 4.78 is 28.6. The Kier molecular flexibility index (Phi) is 4.99. The first kappa shape index (κ1) is 18.0. The number of nitrogens with zero attached hydrogens (tertiary/aromatic N) is 3. The standard InChI is InChI=1S/C17H18F2N4O3/c18-11-1-2-13(19)10(5-11)6-12(20)7-16(24)23-4-3-22-8-14(17(25)26)21-15(22)9-23/h1-2,5,8,12H,3-4,6-7,9,20H2,(H,25,26). The van der Waals surface area contributed by atoms with Gasteiger partial charge in [-0.25, -0.2) is 18.6 Å². The largest absolute Gasteiger partial charge is 0.476 e. The zero-order valence-electron chi connectivity index (χ0n) is 13.9. The summed E-state index contributed by atoms with van der Waals surface area (Å²) in [6.45, 7) is 1.03. The average Bonchev–Trinajstić information content (AvgIpc) is 3.01. The maximum Gasteiger partial charge on any atom is 0.356 e. The molecule has 0 saturated heterocycles. The molecule has 7 nitrogen and oxygen atoms in total. The van der Waals surface area contributed by atoms with Gasteiger partial charge in [0.25, 0.3) is 0 Å². The summed E-state index contributed by atoms with van der Waals surface area (Å²) in [5.74, 6) is -1.98. The number of carbonyl (C=O) groups excluding carboxylic acids is 1. The van der Waals surface area contributed by atoms with Gasteiger partial charge in [0.15, 0.2) is 5.69 Å². The fourth-order valence-corrected chi connectivity index (χ4v) is 2.98. The van der Waals surface area contributed by atoms with E-state index in [0.29, 0.717) is 18.9 Å². The Hall–Kier alpha value is -2.81. The first-order valence-electron chi connectivity index (χ1n) is 8.10. The van der Waals surface area contributed by atoms with Crippen molar-refractivity contribution in [2.24, 2.45) is 5.73 Å². The first-order valence-corrected chi connectivity index (χ1v) is 8.10. The number of nitrogens with two attached hydrogens (primary N) is 1. The maximum absolute atomic E-state index is 13.7. The number of rotatable bonds is 5. The zero-order valence-corrected chi connectivity index (χ0v) is 13.9. The van der Waals surface area contributed by atoms with Crippen molar-refractivity contribution < 1.29 is 23.5 Å². The number of imidazole rings is 1. The normalized spacial score (nSPS) is 14.8. The van der Waals surface area contributed by atoms with E-state index in [2.05, 4.69) is 4.98 Å². The number of benzene rings is 1. The van der Waals surface area contributed by atoms with E-state index in [-0.39, 0.29) is 36.6 Å². The lowest BCUT2D eigenvalue weighted by molar-refractivity contribution is -0.133. The van der Waals surface area contributed by atoms with Gasteiger partial charge in [-0.1, -0.05) is 0 Å². The van der Waals surface area contributed by atoms with Crippen LogP contribution in [0.3, 0.4) is 0 Å². The van der Waals surface area contributed by atoms with Crippen molar-refractivity contribution >= 4 is 11.9 Å². The second-order valence-electron chi connectivity index (χ2n) is 6.26. The Bertz CT molecular complexity index is 853. The first-order chi connectivity index (χ1) is 12.3. The van der Waals surface area contributed by atoms with Crippen molar-refractivity contribution in [2.45, 2.75) is 32.0 Å². The van der Waals surface area contributed by atoms with E-state index in [1.807, 2.05) is 0 Å². The Morgan fingerprint density at radius 2 is 2.08 bits per heavy atom. The lowest BCUT2D eigenvalue weighted by Crippen LogP contribution is -2.41. The molecule has 1 aliphatic rings. The van der Waals surface area contributed by atoms with Crippen LogP contribution in [0.4, 0.5) is 8.78 Å². The molecule has 1 atom stereocenters. The van der Waals surface area contributed by atoms with Gasteiger partial charge in [0.2, 0.25) is 5.91 Å². The lowest BCUT2D eigenvalue weighted by Gasteiger charge is -2.28. The predicted octanol–water partition coefficient (Wildman–Crippen LogP) is 1.16. The van der Waals surface area contributed by atoms with Crippen molar-refractivity contribution in [3.05, 3.63) is 53.1 Å². The summed E-state index contributed by atoms with van der Waals surface area (Å²) in [6.07, 6.45) is 1.46. The van der Waals surface area contributed by atoms with Crippen LogP contribution in [-0.4, -0.2) is 44.0 Å². The molecule has 138 valence electrons. The van der Waals surface area contributed by atoms with Crippen LogP contribution in [0, 0.1) is 11.6 Å². The van der Waals surface area contributed by atoms with Crippen LogP contribution >= 0.6 is 0 Å². The number of aromatic nitrogens is 2. The molecule has 1 aromatic carbocycles. The Morgan fingerprint density at radius 1 is 1.31 bits per heavy atom. The Balaban J connectivity index is 1.61. The number of halogens is 2. The number of fused-ring (bicyclic) bond motifs is 1. The molecule has 3 N–H and O–H groups in total. The molecule has 2 heterocycles. The summed E-state index contributed by atoms with van der Waals surface area (Å²) in [4.78, 5) is 28.9. The van der Waals surface area contributed by atoms with Crippen LogP contribution in [0.5, 0.6) is 0 Å². The lowest BCUT2D eigenvalue weighted by atomic mass is 10.0. The van der Waals surface area contributed by atoms with E-state index in [1.54, 1.807) is 4.57 Å². The van der Waals surface area contributed by atoms with E-state index in [1.165, 1.54) is 11.1 Å². The highest BCUT2D eigenvalue weighted by Crippen LogP contribution is 2.16. The summed E-state index contributed by atoms with van der Waals surface area (Å²) in [5.41, 5.74) is 6.00. The predicted molar refractivity (Wildman–Crippen MR) is 87.3 cm³/mol. The van der Waals surface area contributed by atoms with Gasteiger partial charge in [-0.2, -0.15) is 0 Å². The highest BCUT2D eigenvalue weighted by atomic mass is 19.1. The quantitative estimate of drug-likeness (QED) is 0.829. The highest BCUT2D eigenvalue weighted by Gasteiger charge is 2.25. The average molecular weight is 364 g/mol. The Morgan fingerprint density at radius 3 is 2.81 bits per heavy atom. The van der Waals surface area contributed by atoms with Crippen LogP contribution in [0.1, 0.15) is 28.3 Å². The minimum Gasteiger partial charge on any atom is -0.476 e. The number of carboxylic acids is 1. The molecule has 0 saturated carbocycles. The molecule has 1 aromatic heterocycles. The molecule has 9 heteroatoms. The van der Waals surface area contributed by atoms with Crippen LogP contribution in [0.25, 0.3) is 0 Å². The van der Waals surface area contributed by atoms with Crippen molar-refractivity contribution in [3.63, 3.8) is 0 Å². The van der Waals surface area contributed by atoms with Gasteiger partial charge in [-0.3, -0.25) is 4.79 Å². The molecule has 0 radical (unpaired) electrons. The molecule has 2 aromatic rings. The van der Waals surface area contributed by atoms with Crippen molar-refractivity contribution in [1.29, 1.82) is 0 Å². The minimum atomic E-state index is -1.12. The number of carboxylic acid groups (broad SMARTS) is 1. The van der Waals surface area contributed by atoms with E-state index in [0.717, 1.165) is 18.2 Å². The Labute approximate surface area is 148 Å². The molecular weight excluding hydrogens is 346 g/mol. The van der Waals surface area contributed by atoms with Gasteiger partial charge < -0.3 is 20.3 Å². The third kappa shape index (κ3) is 3.88. The van der Waals surface area contributed by atoms with Crippen molar-refractivity contribution in [3.8, 4) is 0 Å². The van der Waals surface area contributed by atoms with E-state index in [9.17, 15) is 18.4 Å². The van der Waals surface area contributed by atoms with Crippen molar-refractivity contribution in [1.82, 2.24) is 14.5 Å². The van der Waals surface area contributed by atoms with Gasteiger partial charge in [0.1, 0.15) is 17.5 Å². The van der Waals surface area contributed by atoms with E-state index < -0.39 is 23.6 Å². The molecule has 26 heavy (non-hydrogen) atoms. The van der Waals surface area contributed by atoms with Crippen LogP contribution in [-0.2, 0) is 24.3 Å². The molecule has 0 bridgehead atoms. The molecule has 1 unspecified atom stereocenters. The minimum absolute atomic E-state index is 0.0253. The van der Waals surface area contributed by atoms with Gasteiger partial charge in [-0.15, -0.1) is 0 Å². The van der Waals surface area contributed by atoms with Gasteiger partial charge in [0, 0.05) is 31.7 Å². The molecule has 1 aliphatic heterocycles. The van der Waals surface area contributed by atoms with Crippen LogP contribution < -0.4 is 5.73 Å². The fourth-order valence-electron chi connectivity index (χ4n) is 2.98. The summed E-state index contributed by atoms with van der Waals surface area (Å²) in [6, 6.07) is 2.47. The second kappa shape index (κ2) is 7.20. The SMILES string of the molecule is NC(CC(=O)N1CCn2cc(C(=O)O)nc2C1)Cc1cc(F)ccc1F. The van der Waals surface area contributed by atoms with E-state index >= 15 is 0 Å². The smallest absolute Gasteiger partial charge is 0.356 e. The number of hydrogen-bond acceptors (Lipinski definition) is 4. The molecule has 3 rings (SSSR count). The number of aromatic carboxylic acids is 1. The maximum atomic E-state index is 13.7. The molecule has 1 amide bonds. The summed E-state index contributed by atoms with van der Waals surface area (Å²) in [7, 11) is 0. The zero-order chi connectivity index (χ0) is 18.8. The number of carbonyl (C=O) groups is 2. The monoisotopic (exact) mass is 364 g/mol. The molecule has 0 fully saturated rings. The number of hydrogen-bond donors (Lipinski definition) is 2.